The standard InChI is InChI=1S/C20H19ClO6/c1-12-7-15(21)8-13(2)20(12)27-11-19(23)26-10-16(22)14-3-4-17-18(9-14)25-6-5-24-17/h3-4,7-9H,5-6,10-11H2,1-2H3. The smallest absolute Gasteiger partial charge is 0.344 e. The van der Waals surface area contributed by atoms with Gasteiger partial charge in [0.2, 0.25) is 0 Å². The number of esters is 1. The van der Waals surface area contributed by atoms with Crippen molar-refractivity contribution < 1.29 is 28.5 Å². The topological polar surface area (TPSA) is 71.1 Å². The lowest BCUT2D eigenvalue weighted by molar-refractivity contribution is -0.144. The van der Waals surface area contributed by atoms with Crippen molar-refractivity contribution >= 4 is 23.4 Å². The zero-order valence-corrected chi connectivity index (χ0v) is 15.8. The first-order chi connectivity index (χ1) is 12.9. The van der Waals surface area contributed by atoms with Crippen molar-refractivity contribution in [3.63, 3.8) is 0 Å². The zero-order valence-electron chi connectivity index (χ0n) is 15.0. The molecule has 0 atom stereocenters. The fraction of sp³-hybridized carbons (Fsp3) is 0.300. The SMILES string of the molecule is Cc1cc(Cl)cc(C)c1OCC(=O)OCC(=O)c1ccc2c(c1)OCCO2. The molecule has 0 saturated carbocycles. The van der Waals surface area contributed by atoms with Gasteiger partial charge in [0.1, 0.15) is 19.0 Å². The first kappa shape index (κ1) is 19.0. The highest BCUT2D eigenvalue weighted by atomic mass is 35.5. The maximum atomic E-state index is 12.2. The van der Waals surface area contributed by atoms with Gasteiger partial charge in [0.05, 0.1) is 0 Å². The Hall–Kier alpha value is -2.73. The number of rotatable bonds is 6. The number of carbonyl (C=O) groups is 2. The third-order valence-corrected chi connectivity index (χ3v) is 4.21. The molecule has 0 amide bonds. The molecule has 2 aromatic carbocycles. The van der Waals surface area contributed by atoms with Crippen molar-refractivity contribution in [2.75, 3.05) is 26.4 Å². The third-order valence-electron chi connectivity index (χ3n) is 3.99. The number of ether oxygens (including phenoxy) is 4. The molecule has 1 heterocycles. The summed E-state index contributed by atoms with van der Waals surface area (Å²) in [5.41, 5.74) is 2.03. The van der Waals surface area contributed by atoms with E-state index in [1.54, 1.807) is 30.3 Å². The highest BCUT2D eigenvalue weighted by Crippen LogP contribution is 2.31. The highest BCUT2D eigenvalue weighted by molar-refractivity contribution is 6.30. The Morgan fingerprint density at radius 1 is 1.00 bits per heavy atom. The molecule has 6 nitrogen and oxygen atoms in total. The van der Waals surface area contributed by atoms with Gasteiger partial charge in [-0.1, -0.05) is 11.6 Å². The van der Waals surface area contributed by atoms with E-state index in [1.165, 1.54) is 0 Å². The molecule has 2 aromatic rings. The molecule has 142 valence electrons. The van der Waals surface area contributed by atoms with Crippen LogP contribution in [0, 0.1) is 13.8 Å². The van der Waals surface area contributed by atoms with Crippen LogP contribution < -0.4 is 14.2 Å². The number of halogens is 1. The van der Waals surface area contributed by atoms with Crippen LogP contribution in [0.4, 0.5) is 0 Å². The molecule has 1 aliphatic rings. The van der Waals surface area contributed by atoms with Gasteiger partial charge in [0.15, 0.2) is 30.5 Å². The van der Waals surface area contributed by atoms with Crippen LogP contribution in [-0.2, 0) is 9.53 Å². The van der Waals surface area contributed by atoms with Crippen LogP contribution in [0.5, 0.6) is 17.2 Å². The molecule has 7 heteroatoms. The Kier molecular flexibility index (Phi) is 5.86. The van der Waals surface area contributed by atoms with E-state index in [0.717, 1.165) is 11.1 Å². The van der Waals surface area contributed by atoms with Crippen LogP contribution in [0.25, 0.3) is 0 Å². The molecule has 27 heavy (non-hydrogen) atoms. The summed E-state index contributed by atoms with van der Waals surface area (Å²) in [6.45, 7) is 3.92. The van der Waals surface area contributed by atoms with E-state index in [4.69, 9.17) is 30.5 Å². The lowest BCUT2D eigenvalue weighted by Crippen LogP contribution is -2.20. The van der Waals surface area contributed by atoms with Gasteiger partial charge in [-0.15, -0.1) is 0 Å². The number of aryl methyl sites for hydroxylation is 2. The number of benzene rings is 2. The summed E-state index contributed by atoms with van der Waals surface area (Å²) < 4.78 is 21.4. The first-order valence-corrected chi connectivity index (χ1v) is 8.80. The van der Waals surface area contributed by atoms with E-state index < -0.39 is 5.97 Å². The number of fused-ring (bicyclic) bond motifs is 1. The van der Waals surface area contributed by atoms with Gasteiger partial charge in [-0.05, 0) is 55.3 Å². The summed E-state index contributed by atoms with van der Waals surface area (Å²) in [5.74, 6) is 0.718. The summed E-state index contributed by atoms with van der Waals surface area (Å²) in [6.07, 6.45) is 0. The predicted octanol–water partition coefficient (Wildman–Crippen LogP) is 3.53. The van der Waals surface area contributed by atoms with Crippen LogP contribution >= 0.6 is 11.6 Å². The monoisotopic (exact) mass is 390 g/mol. The fourth-order valence-electron chi connectivity index (χ4n) is 2.74. The molecule has 0 radical (unpaired) electrons. The number of carbonyl (C=O) groups excluding carboxylic acids is 2. The number of hydrogen-bond donors (Lipinski definition) is 0. The summed E-state index contributed by atoms with van der Waals surface area (Å²) in [4.78, 5) is 24.1. The van der Waals surface area contributed by atoms with E-state index >= 15 is 0 Å². The Bertz CT molecular complexity index is 854. The van der Waals surface area contributed by atoms with E-state index in [0.29, 0.717) is 41.0 Å². The molecular weight excluding hydrogens is 372 g/mol. The van der Waals surface area contributed by atoms with Crippen LogP contribution in [-0.4, -0.2) is 38.2 Å². The zero-order chi connectivity index (χ0) is 19.4. The van der Waals surface area contributed by atoms with Crippen molar-refractivity contribution in [2.45, 2.75) is 13.8 Å². The molecule has 0 N–H and O–H groups in total. The molecule has 0 aromatic heterocycles. The van der Waals surface area contributed by atoms with Crippen LogP contribution in [0.15, 0.2) is 30.3 Å². The van der Waals surface area contributed by atoms with E-state index in [2.05, 4.69) is 0 Å². The second-order valence-corrected chi connectivity index (χ2v) is 6.54. The molecule has 0 fully saturated rings. The van der Waals surface area contributed by atoms with Gasteiger partial charge >= 0.3 is 5.97 Å². The third kappa shape index (κ3) is 4.71. The maximum absolute atomic E-state index is 12.2. The summed E-state index contributed by atoms with van der Waals surface area (Å²) >= 11 is 5.97. The average molecular weight is 391 g/mol. The molecular formula is C20H19ClO6. The molecule has 0 aliphatic carbocycles. The Morgan fingerprint density at radius 2 is 1.67 bits per heavy atom. The quantitative estimate of drug-likeness (QED) is 0.555. The van der Waals surface area contributed by atoms with Gasteiger partial charge in [0, 0.05) is 10.6 Å². The Morgan fingerprint density at radius 3 is 2.37 bits per heavy atom. The molecule has 0 spiro atoms. The normalized spacial score (nSPS) is 12.4. The summed E-state index contributed by atoms with van der Waals surface area (Å²) in [6, 6.07) is 8.36. The summed E-state index contributed by atoms with van der Waals surface area (Å²) in [7, 11) is 0. The largest absolute Gasteiger partial charge is 0.486 e. The summed E-state index contributed by atoms with van der Waals surface area (Å²) in [5, 5.41) is 0.602. The van der Waals surface area contributed by atoms with Crippen molar-refractivity contribution in [1.82, 2.24) is 0 Å². The predicted molar refractivity (Wildman–Crippen MR) is 99.1 cm³/mol. The molecule has 0 bridgehead atoms. The van der Waals surface area contributed by atoms with Crippen molar-refractivity contribution in [3.05, 3.63) is 52.0 Å². The lowest BCUT2D eigenvalue weighted by Gasteiger charge is -2.18. The number of Topliss-reactive ketones (excluding diaryl/α,β-unsaturated/α-hetero) is 1. The Labute approximate surface area is 161 Å². The van der Waals surface area contributed by atoms with Gasteiger partial charge in [-0.25, -0.2) is 4.79 Å². The van der Waals surface area contributed by atoms with Crippen LogP contribution in [0.3, 0.4) is 0 Å². The van der Waals surface area contributed by atoms with E-state index in [-0.39, 0.29) is 19.0 Å². The average Bonchev–Trinajstić information content (AvgIpc) is 2.64. The van der Waals surface area contributed by atoms with E-state index in [9.17, 15) is 9.59 Å². The van der Waals surface area contributed by atoms with Crippen LogP contribution in [0.2, 0.25) is 5.02 Å². The maximum Gasteiger partial charge on any atom is 0.344 e. The molecule has 0 saturated heterocycles. The minimum Gasteiger partial charge on any atom is -0.486 e. The number of ketones is 1. The minimum absolute atomic E-state index is 0.294. The highest BCUT2D eigenvalue weighted by Gasteiger charge is 2.17. The molecule has 0 unspecified atom stereocenters. The first-order valence-electron chi connectivity index (χ1n) is 8.42. The lowest BCUT2D eigenvalue weighted by atomic mass is 10.1. The second kappa shape index (κ2) is 8.31. The van der Waals surface area contributed by atoms with Crippen molar-refractivity contribution in [2.24, 2.45) is 0 Å². The van der Waals surface area contributed by atoms with E-state index in [1.807, 2.05) is 13.8 Å². The second-order valence-electron chi connectivity index (χ2n) is 6.10. The van der Waals surface area contributed by atoms with Gasteiger partial charge in [0.25, 0.3) is 0 Å². The Balaban J connectivity index is 1.53. The molecule has 3 rings (SSSR count). The fourth-order valence-corrected chi connectivity index (χ4v) is 3.07. The van der Waals surface area contributed by atoms with Crippen molar-refractivity contribution in [1.29, 1.82) is 0 Å². The van der Waals surface area contributed by atoms with Gasteiger partial charge in [-0.2, -0.15) is 0 Å². The van der Waals surface area contributed by atoms with Gasteiger partial charge in [-0.3, -0.25) is 4.79 Å². The minimum atomic E-state index is -0.630. The van der Waals surface area contributed by atoms with Crippen molar-refractivity contribution in [3.8, 4) is 17.2 Å². The molecule has 1 aliphatic heterocycles. The van der Waals surface area contributed by atoms with Gasteiger partial charge < -0.3 is 18.9 Å². The van der Waals surface area contributed by atoms with Crippen LogP contribution in [0.1, 0.15) is 21.5 Å². The number of hydrogen-bond acceptors (Lipinski definition) is 6.